The molecule has 21 heavy (non-hydrogen) atoms. The number of nitrogens with two attached hydrogens (primary N) is 1. The summed E-state index contributed by atoms with van der Waals surface area (Å²) >= 11 is 0. The lowest BCUT2D eigenvalue weighted by atomic mass is 9.78. The molecule has 0 aromatic carbocycles. The Morgan fingerprint density at radius 2 is 1.86 bits per heavy atom. The van der Waals surface area contributed by atoms with E-state index in [9.17, 15) is 9.59 Å². The maximum atomic E-state index is 12.5. The first kappa shape index (κ1) is 16.3. The van der Waals surface area contributed by atoms with E-state index < -0.39 is 0 Å². The number of hydrogen-bond acceptors (Lipinski definition) is 3. The Balaban J connectivity index is 2.12. The predicted molar refractivity (Wildman–Crippen MR) is 82.7 cm³/mol. The van der Waals surface area contributed by atoms with Crippen LogP contribution in [0.15, 0.2) is 0 Å². The normalized spacial score (nSPS) is 23.2. The minimum atomic E-state index is -0.389. The van der Waals surface area contributed by atoms with Crippen LogP contribution >= 0.6 is 0 Å². The van der Waals surface area contributed by atoms with Crippen LogP contribution in [0.3, 0.4) is 0 Å². The number of carbonyl (C=O) groups excluding carboxylic acids is 2. The molecular formula is C16H29N3O2. The quantitative estimate of drug-likeness (QED) is 0.858. The molecule has 1 aliphatic carbocycles. The SMILES string of the molecule is CCCC(N)C(=O)N1CCN(C(C)=O)C2(CCCCC2)C1. The summed E-state index contributed by atoms with van der Waals surface area (Å²) in [6, 6.07) is -0.389. The second-order valence-corrected chi connectivity index (χ2v) is 6.61. The molecule has 0 bridgehead atoms. The van der Waals surface area contributed by atoms with Gasteiger partial charge in [0.1, 0.15) is 0 Å². The first-order valence-corrected chi connectivity index (χ1v) is 8.33. The minimum Gasteiger partial charge on any atom is -0.337 e. The highest BCUT2D eigenvalue weighted by Gasteiger charge is 2.45. The molecule has 2 amide bonds. The van der Waals surface area contributed by atoms with Crippen molar-refractivity contribution in [2.45, 2.75) is 70.4 Å². The van der Waals surface area contributed by atoms with Gasteiger partial charge in [-0.05, 0) is 19.3 Å². The number of amides is 2. The highest BCUT2D eigenvalue weighted by molar-refractivity contribution is 5.82. The molecule has 5 heteroatoms. The van der Waals surface area contributed by atoms with E-state index in [1.165, 1.54) is 6.42 Å². The zero-order valence-electron chi connectivity index (χ0n) is 13.4. The molecule has 5 nitrogen and oxygen atoms in total. The van der Waals surface area contributed by atoms with Crippen LogP contribution in [0.5, 0.6) is 0 Å². The highest BCUT2D eigenvalue weighted by atomic mass is 16.2. The van der Waals surface area contributed by atoms with Gasteiger partial charge in [-0.15, -0.1) is 0 Å². The Morgan fingerprint density at radius 1 is 1.19 bits per heavy atom. The van der Waals surface area contributed by atoms with Crippen molar-refractivity contribution in [1.29, 1.82) is 0 Å². The van der Waals surface area contributed by atoms with Crippen LogP contribution in [0.1, 0.15) is 58.8 Å². The lowest BCUT2D eigenvalue weighted by Crippen LogP contribution is -2.66. The number of hydrogen-bond donors (Lipinski definition) is 1. The third-order valence-electron chi connectivity index (χ3n) is 5.04. The molecule has 1 saturated carbocycles. The van der Waals surface area contributed by atoms with E-state index in [1.807, 2.05) is 16.7 Å². The van der Waals surface area contributed by atoms with Gasteiger partial charge in [0, 0.05) is 26.6 Å². The summed E-state index contributed by atoms with van der Waals surface area (Å²) in [6.45, 7) is 5.64. The lowest BCUT2D eigenvalue weighted by molar-refractivity contribution is -0.151. The average molecular weight is 295 g/mol. The molecule has 1 heterocycles. The fourth-order valence-electron chi connectivity index (χ4n) is 3.96. The van der Waals surface area contributed by atoms with Crippen molar-refractivity contribution in [2.75, 3.05) is 19.6 Å². The second kappa shape index (κ2) is 6.77. The first-order chi connectivity index (χ1) is 10.00. The number of carbonyl (C=O) groups is 2. The summed E-state index contributed by atoms with van der Waals surface area (Å²) in [5.41, 5.74) is 5.86. The highest BCUT2D eigenvalue weighted by Crippen LogP contribution is 2.36. The monoisotopic (exact) mass is 295 g/mol. The Bertz CT molecular complexity index is 391. The largest absolute Gasteiger partial charge is 0.337 e. The molecule has 1 atom stereocenters. The van der Waals surface area contributed by atoms with Gasteiger partial charge < -0.3 is 15.5 Å². The molecule has 1 aliphatic heterocycles. The van der Waals surface area contributed by atoms with Gasteiger partial charge in [-0.3, -0.25) is 9.59 Å². The van der Waals surface area contributed by atoms with Crippen molar-refractivity contribution >= 4 is 11.8 Å². The standard InChI is InChI=1S/C16H29N3O2/c1-3-7-14(17)15(21)18-10-11-19(13(2)20)16(12-18)8-5-4-6-9-16/h14H,3-12,17H2,1-2H3. The molecule has 2 aliphatic rings. The van der Waals surface area contributed by atoms with Gasteiger partial charge in [-0.1, -0.05) is 32.6 Å². The Morgan fingerprint density at radius 3 is 2.43 bits per heavy atom. The fraction of sp³-hybridized carbons (Fsp3) is 0.875. The third-order valence-corrected chi connectivity index (χ3v) is 5.04. The molecule has 1 spiro atoms. The van der Waals surface area contributed by atoms with Crippen molar-refractivity contribution in [2.24, 2.45) is 5.73 Å². The summed E-state index contributed by atoms with van der Waals surface area (Å²) in [5.74, 6) is 0.201. The van der Waals surface area contributed by atoms with Crippen molar-refractivity contribution in [1.82, 2.24) is 9.80 Å². The lowest BCUT2D eigenvalue weighted by Gasteiger charge is -2.52. The minimum absolute atomic E-state index is 0.0602. The van der Waals surface area contributed by atoms with Gasteiger partial charge >= 0.3 is 0 Å². The summed E-state index contributed by atoms with van der Waals surface area (Å²) < 4.78 is 0. The van der Waals surface area contributed by atoms with Crippen LogP contribution in [0, 0.1) is 0 Å². The van der Waals surface area contributed by atoms with E-state index in [0.717, 1.165) is 38.5 Å². The maximum Gasteiger partial charge on any atom is 0.239 e. The van der Waals surface area contributed by atoms with Gasteiger partial charge in [0.25, 0.3) is 0 Å². The fourth-order valence-corrected chi connectivity index (χ4v) is 3.96. The average Bonchev–Trinajstić information content (AvgIpc) is 2.47. The van der Waals surface area contributed by atoms with Gasteiger partial charge in [0.05, 0.1) is 11.6 Å². The first-order valence-electron chi connectivity index (χ1n) is 8.33. The van der Waals surface area contributed by atoms with Crippen molar-refractivity contribution < 1.29 is 9.59 Å². The molecule has 2 N–H and O–H groups in total. The summed E-state index contributed by atoms with van der Waals surface area (Å²) in [7, 11) is 0. The molecule has 120 valence electrons. The van der Waals surface area contributed by atoms with E-state index in [-0.39, 0.29) is 23.4 Å². The molecule has 1 unspecified atom stereocenters. The van der Waals surface area contributed by atoms with Crippen molar-refractivity contribution in [3.8, 4) is 0 Å². The topological polar surface area (TPSA) is 66.6 Å². The van der Waals surface area contributed by atoms with Crippen LogP contribution in [-0.4, -0.2) is 52.8 Å². The predicted octanol–water partition coefficient (Wildman–Crippen LogP) is 1.51. The number of rotatable bonds is 3. The number of piperazine rings is 1. The van der Waals surface area contributed by atoms with Crippen molar-refractivity contribution in [3.63, 3.8) is 0 Å². The van der Waals surface area contributed by atoms with Crippen LogP contribution in [0.4, 0.5) is 0 Å². The molecule has 0 aromatic heterocycles. The maximum absolute atomic E-state index is 12.5. The molecular weight excluding hydrogens is 266 g/mol. The molecule has 2 fully saturated rings. The van der Waals surface area contributed by atoms with Gasteiger partial charge in [0.15, 0.2) is 0 Å². The number of nitrogens with zero attached hydrogens (tertiary/aromatic N) is 2. The van der Waals surface area contributed by atoms with Gasteiger partial charge in [-0.2, -0.15) is 0 Å². The molecule has 0 radical (unpaired) electrons. The Kier molecular flexibility index (Phi) is 5.25. The van der Waals surface area contributed by atoms with E-state index >= 15 is 0 Å². The third kappa shape index (κ3) is 3.39. The van der Waals surface area contributed by atoms with E-state index in [1.54, 1.807) is 6.92 Å². The Labute approximate surface area is 127 Å². The molecule has 0 aromatic rings. The van der Waals surface area contributed by atoms with E-state index in [4.69, 9.17) is 5.73 Å². The van der Waals surface area contributed by atoms with Crippen LogP contribution < -0.4 is 5.73 Å². The van der Waals surface area contributed by atoms with Crippen LogP contribution in [0.2, 0.25) is 0 Å². The molecule has 2 rings (SSSR count). The zero-order chi connectivity index (χ0) is 15.5. The summed E-state index contributed by atoms with van der Waals surface area (Å²) in [5, 5.41) is 0. The van der Waals surface area contributed by atoms with Crippen LogP contribution in [0.25, 0.3) is 0 Å². The second-order valence-electron chi connectivity index (χ2n) is 6.61. The van der Waals surface area contributed by atoms with E-state index in [0.29, 0.717) is 19.6 Å². The molecule has 1 saturated heterocycles. The van der Waals surface area contributed by atoms with Crippen molar-refractivity contribution in [3.05, 3.63) is 0 Å². The zero-order valence-corrected chi connectivity index (χ0v) is 13.4. The Hall–Kier alpha value is -1.10. The van der Waals surface area contributed by atoms with E-state index in [2.05, 4.69) is 0 Å². The van der Waals surface area contributed by atoms with Gasteiger partial charge in [-0.25, -0.2) is 0 Å². The summed E-state index contributed by atoms with van der Waals surface area (Å²) in [6.07, 6.45) is 7.21. The summed E-state index contributed by atoms with van der Waals surface area (Å²) in [4.78, 5) is 28.4. The van der Waals surface area contributed by atoms with Crippen LogP contribution in [-0.2, 0) is 9.59 Å². The van der Waals surface area contributed by atoms with Gasteiger partial charge in [0.2, 0.25) is 11.8 Å². The smallest absolute Gasteiger partial charge is 0.239 e.